The van der Waals surface area contributed by atoms with Crippen LogP contribution in [0.25, 0.3) is 22.8 Å². The number of aromatic nitrogens is 3. The van der Waals surface area contributed by atoms with Crippen molar-refractivity contribution in [1.29, 1.82) is 0 Å². The van der Waals surface area contributed by atoms with Gasteiger partial charge in [0.25, 0.3) is 5.89 Å². The quantitative estimate of drug-likeness (QED) is 0.735. The highest BCUT2D eigenvalue weighted by Gasteiger charge is 2.11. The summed E-state index contributed by atoms with van der Waals surface area (Å²) < 4.78 is 5.36. The second-order valence-corrected chi connectivity index (χ2v) is 5.10. The maximum absolute atomic E-state index is 5.36. The molecule has 0 aliphatic carbocycles. The smallest absolute Gasteiger partial charge is 0.258 e. The third kappa shape index (κ3) is 3.14. The highest BCUT2D eigenvalue weighted by Crippen LogP contribution is 2.22. The van der Waals surface area contributed by atoms with E-state index in [1.54, 1.807) is 12.4 Å². The van der Waals surface area contributed by atoms with E-state index in [0.29, 0.717) is 11.7 Å². The first-order valence-electron chi connectivity index (χ1n) is 6.70. The molecule has 1 aromatic carbocycles. The van der Waals surface area contributed by atoms with Crippen LogP contribution in [0.15, 0.2) is 53.3 Å². The summed E-state index contributed by atoms with van der Waals surface area (Å²) in [7, 11) is 4.08. The van der Waals surface area contributed by atoms with Gasteiger partial charge in [0.1, 0.15) is 0 Å². The molecule has 0 bridgehead atoms. The third-order valence-corrected chi connectivity index (χ3v) is 3.02. The Morgan fingerprint density at radius 2 is 1.95 bits per heavy atom. The average molecular weight is 280 g/mol. The highest BCUT2D eigenvalue weighted by atomic mass is 16.5. The number of pyridine rings is 1. The minimum Gasteiger partial charge on any atom is -0.334 e. The summed E-state index contributed by atoms with van der Waals surface area (Å²) in [4.78, 5) is 10.6. The summed E-state index contributed by atoms with van der Waals surface area (Å²) in [6, 6.07) is 11.9. The van der Waals surface area contributed by atoms with Crippen molar-refractivity contribution < 1.29 is 4.52 Å². The fourth-order valence-electron chi connectivity index (χ4n) is 2.12. The van der Waals surface area contributed by atoms with Crippen molar-refractivity contribution in [3.05, 3.63) is 54.4 Å². The van der Waals surface area contributed by atoms with Crippen LogP contribution in [0.2, 0.25) is 0 Å². The molecule has 106 valence electrons. The second kappa shape index (κ2) is 5.85. The molecule has 0 aliphatic rings. The van der Waals surface area contributed by atoms with Crippen LogP contribution in [0.3, 0.4) is 0 Å². The molecule has 21 heavy (non-hydrogen) atoms. The molecule has 3 aromatic rings. The molecule has 0 unspecified atom stereocenters. The van der Waals surface area contributed by atoms with Crippen molar-refractivity contribution in [1.82, 2.24) is 20.0 Å². The monoisotopic (exact) mass is 280 g/mol. The summed E-state index contributed by atoms with van der Waals surface area (Å²) in [5.41, 5.74) is 2.98. The maximum Gasteiger partial charge on any atom is 0.258 e. The zero-order valence-corrected chi connectivity index (χ0v) is 12.0. The van der Waals surface area contributed by atoms with Crippen LogP contribution in [0, 0.1) is 0 Å². The van der Waals surface area contributed by atoms with Crippen molar-refractivity contribution in [3.63, 3.8) is 0 Å². The van der Waals surface area contributed by atoms with Crippen molar-refractivity contribution in [2.75, 3.05) is 14.1 Å². The molecule has 0 N–H and O–H groups in total. The minimum absolute atomic E-state index is 0.523. The zero-order chi connectivity index (χ0) is 14.7. The molecular formula is C16H16N4O. The normalized spacial score (nSPS) is 11.0. The lowest BCUT2D eigenvalue weighted by atomic mass is 10.1. The van der Waals surface area contributed by atoms with Crippen molar-refractivity contribution in [2.24, 2.45) is 0 Å². The lowest BCUT2D eigenvalue weighted by molar-refractivity contribution is 0.402. The summed E-state index contributed by atoms with van der Waals surface area (Å²) in [6.07, 6.45) is 3.44. The second-order valence-electron chi connectivity index (χ2n) is 5.10. The van der Waals surface area contributed by atoms with E-state index in [1.165, 1.54) is 5.56 Å². The van der Waals surface area contributed by atoms with Gasteiger partial charge in [0.2, 0.25) is 5.82 Å². The predicted molar refractivity (Wildman–Crippen MR) is 80.4 cm³/mol. The van der Waals surface area contributed by atoms with Crippen molar-refractivity contribution in [3.8, 4) is 22.8 Å². The van der Waals surface area contributed by atoms with Crippen LogP contribution in [0.1, 0.15) is 5.56 Å². The van der Waals surface area contributed by atoms with Crippen LogP contribution in [0.5, 0.6) is 0 Å². The highest BCUT2D eigenvalue weighted by molar-refractivity contribution is 5.59. The standard InChI is InChI=1S/C16H16N4O/c1-20(2)11-12-5-3-6-13(9-12)16-18-15(19-21-16)14-7-4-8-17-10-14/h3-10H,11H2,1-2H3. The van der Waals surface area contributed by atoms with E-state index >= 15 is 0 Å². The van der Waals surface area contributed by atoms with E-state index < -0.39 is 0 Å². The van der Waals surface area contributed by atoms with E-state index in [1.807, 2.05) is 38.4 Å². The number of benzene rings is 1. The van der Waals surface area contributed by atoms with Crippen molar-refractivity contribution >= 4 is 0 Å². The topological polar surface area (TPSA) is 55.1 Å². The molecular weight excluding hydrogens is 264 g/mol. The molecule has 2 aromatic heterocycles. The van der Waals surface area contributed by atoms with E-state index in [-0.39, 0.29) is 0 Å². The number of hydrogen-bond acceptors (Lipinski definition) is 5. The Morgan fingerprint density at radius 3 is 2.71 bits per heavy atom. The van der Waals surface area contributed by atoms with Gasteiger partial charge in [-0.25, -0.2) is 0 Å². The first-order chi connectivity index (χ1) is 10.2. The zero-order valence-electron chi connectivity index (χ0n) is 12.0. The molecule has 0 saturated heterocycles. The SMILES string of the molecule is CN(C)Cc1cccc(-c2nc(-c3cccnc3)no2)c1. The van der Waals surface area contributed by atoms with Crippen molar-refractivity contribution in [2.45, 2.75) is 6.54 Å². The average Bonchev–Trinajstić information content (AvgIpc) is 2.98. The van der Waals surface area contributed by atoms with Gasteiger partial charge in [-0.15, -0.1) is 0 Å². The molecule has 0 atom stereocenters. The van der Waals surface area contributed by atoms with Crippen LogP contribution in [-0.2, 0) is 6.54 Å². The van der Waals surface area contributed by atoms with Crippen LogP contribution < -0.4 is 0 Å². The Labute approximate surface area is 123 Å². The van der Waals surface area contributed by atoms with E-state index in [9.17, 15) is 0 Å². The van der Waals surface area contributed by atoms with Gasteiger partial charge in [0, 0.05) is 30.1 Å². The predicted octanol–water partition coefficient (Wildman–Crippen LogP) is 2.86. The van der Waals surface area contributed by atoms with Gasteiger partial charge in [-0.3, -0.25) is 4.98 Å². The molecule has 0 spiro atoms. The van der Waals surface area contributed by atoms with Gasteiger partial charge in [-0.1, -0.05) is 17.3 Å². The first-order valence-corrected chi connectivity index (χ1v) is 6.70. The van der Waals surface area contributed by atoms with Gasteiger partial charge in [0.15, 0.2) is 0 Å². The number of rotatable bonds is 4. The Hall–Kier alpha value is -2.53. The van der Waals surface area contributed by atoms with Crippen LogP contribution >= 0.6 is 0 Å². The lowest BCUT2D eigenvalue weighted by Crippen LogP contribution is -2.10. The molecule has 0 saturated carbocycles. The molecule has 3 rings (SSSR count). The van der Waals surface area contributed by atoms with E-state index in [4.69, 9.17) is 4.52 Å². The molecule has 0 radical (unpaired) electrons. The maximum atomic E-state index is 5.36. The number of nitrogens with zero attached hydrogens (tertiary/aromatic N) is 4. The summed E-state index contributed by atoms with van der Waals surface area (Å²) in [5, 5.41) is 4.02. The minimum atomic E-state index is 0.523. The first kappa shape index (κ1) is 13.5. The Balaban J connectivity index is 1.90. The fraction of sp³-hybridized carbons (Fsp3) is 0.188. The van der Waals surface area contributed by atoms with Gasteiger partial charge in [-0.2, -0.15) is 4.98 Å². The van der Waals surface area contributed by atoms with Gasteiger partial charge in [-0.05, 0) is 43.9 Å². The molecule has 5 heteroatoms. The van der Waals surface area contributed by atoms with Gasteiger partial charge < -0.3 is 9.42 Å². The van der Waals surface area contributed by atoms with Gasteiger partial charge >= 0.3 is 0 Å². The lowest BCUT2D eigenvalue weighted by Gasteiger charge is -2.09. The largest absolute Gasteiger partial charge is 0.334 e. The van der Waals surface area contributed by atoms with E-state index in [2.05, 4.69) is 32.2 Å². The molecule has 5 nitrogen and oxygen atoms in total. The summed E-state index contributed by atoms with van der Waals surface area (Å²) in [5.74, 6) is 1.07. The van der Waals surface area contributed by atoms with E-state index in [0.717, 1.165) is 17.7 Å². The van der Waals surface area contributed by atoms with Gasteiger partial charge in [0.05, 0.1) is 0 Å². The Kier molecular flexibility index (Phi) is 3.75. The molecule has 0 fully saturated rings. The van der Waals surface area contributed by atoms with Crippen LogP contribution in [0.4, 0.5) is 0 Å². The summed E-state index contributed by atoms with van der Waals surface area (Å²) in [6.45, 7) is 0.872. The Morgan fingerprint density at radius 1 is 1.10 bits per heavy atom. The van der Waals surface area contributed by atoms with Crippen LogP contribution in [-0.4, -0.2) is 34.1 Å². The number of hydrogen-bond donors (Lipinski definition) is 0. The molecule has 2 heterocycles. The third-order valence-electron chi connectivity index (χ3n) is 3.02. The summed E-state index contributed by atoms with van der Waals surface area (Å²) >= 11 is 0. The molecule has 0 amide bonds. The Bertz CT molecular complexity index is 722. The molecule has 0 aliphatic heterocycles. The fourth-order valence-corrected chi connectivity index (χ4v) is 2.12.